The molecule has 0 bridgehead atoms. The molecule has 1 heterocycles. The van der Waals surface area contributed by atoms with Gasteiger partial charge in [0, 0.05) is 12.5 Å². The fourth-order valence-corrected chi connectivity index (χ4v) is 4.05. The Kier molecular flexibility index (Phi) is 6.60. The summed E-state index contributed by atoms with van der Waals surface area (Å²) in [5, 5.41) is 12.0. The van der Waals surface area contributed by atoms with Crippen LogP contribution in [-0.4, -0.2) is 39.7 Å². The number of hydrogen-bond donors (Lipinski definition) is 2. The van der Waals surface area contributed by atoms with Crippen LogP contribution in [0.1, 0.15) is 44.0 Å². The van der Waals surface area contributed by atoms with E-state index in [9.17, 15) is 4.79 Å². The zero-order valence-electron chi connectivity index (χ0n) is 15.9. The minimum Gasteiger partial charge on any atom is -0.497 e. The molecule has 1 saturated carbocycles. The van der Waals surface area contributed by atoms with Crippen LogP contribution in [0.3, 0.4) is 0 Å². The highest BCUT2D eigenvalue weighted by molar-refractivity contribution is 7.99. The number of amides is 1. The maximum Gasteiger partial charge on any atom is 0.230 e. The molecule has 0 saturated heterocycles. The van der Waals surface area contributed by atoms with Crippen LogP contribution < -0.4 is 15.9 Å². The Hall–Kier alpha value is -2.22. The van der Waals surface area contributed by atoms with E-state index in [1.54, 1.807) is 7.11 Å². The van der Waals surface area contributed by atoms with Crippen molar-refractivity contribution in [1.82, 2.24) is 20.2 Å². The number of benzene rings is 1. The molecule has 2 aromatic rings. The van der Waals surface area contributed by atoms with Crippen molar-refractivity contribution >= 4 is 17.7 Å². The number of aromatic nitrogens is 3. The van der Waals surface area contributed by atoms with Crippen LogP contribution in [0.25, 0.3) is 0 Å². The van der Waals surface area contributed by atoms with Crippen molar-refractivity contribution in [2.24, 2.45) is 5.92 Å². The number of nitrogens with two attached hydrogens (primary N) is 1. The van der Waals surface area contributed by atoms with Crippen LogP contribution in [0.4, 0.5) is 0 Å². The van der Waals surface area contributed by atoms with Crippen LogP contribution >= 0.6 is 11.8 Å². The van der Waals surface area contributed by atoms with Crippen molar-refractivity contribution < 1.29 is 9.53 Å². The van der Waals surface area contributed by atoms with Gasteiger partial charge in [-0.2, -0.15) is 0 Å². The van der Waals surface area contributed by atoms with Crippen LogP contribution in [0.5, 0.6) is 5.75 Å². The fraction of sp³-hybridized carbons (Fsp3) is 0.526. The van der Waals surface area contributed by atoms with Crippen molar-refractivity contribution in [1.29, 1.82) is 0 Å². The van der Waals surface area contributed by atoms with Gasteiger partial charge >= 0.3 is 0 Å². The van der Waals surface area contributed by atoms with Gasteiger partial charge in [0.2, 0.25) is 11.1 Å². The molecule has 27 heavy (non-hydrogen) atoms. The second kappa shape index (κ2) is 9.12. The summed E-state index contributed by atoms with van der Waals surface area (Å²) in [4.78, 5) is 12.3. The van der Waals surface area contributed by atoms with E-state index < -0.39 is 0 Å². The smallest absolute Gasteiger partial charge is 0.230 e. The van der Waals surface area contributed by atoms with Crippen LogP contribution in [0.2, 0.25) is 0 Å². The Morgan fingerprint density at radius 3 is 2.74 bits per heavy atom. The number of nitrogens with one attached hydrogen (secondary N) is 1. The molecule has 1 aliphatic carbocycles. The number of carbonyl (C=O) groups is 1. The summed E-state index contributed by atoms with van der Waals surface area (Å²) in [6.07, 6.45) is 5.27. The fourth-order valence-electron chi connectivity index (χ4n) is 3.36. The molecule has 2 atom stereocenters. The Labute approximate surface area is 164 Å². The molecule has 0 spiro atoms. The Morgan fingerprint density at radius 1 is 1.30 bits per heavy atom. The molecule has 3 N–H and O–H groups in total. The monoisotopic (exact) mass is 389 g/mol. The highest BCUT2D eigenvalue weighted by Gasteiger charge is 2.23. The maximum atomic E-state index is 12.3. The number of thioether (sulfide) groups is 1. The summed E-state index contributed by atoms with van der Waals surface area (Å²) in [6, 6.07) is 8.03. The first kappa shape index (κ1) is 19.5. The molecular weight excluding hydrogens is 362 g/mol. The van der Waals surface area contributed by atoms with E-state index in [4.69, 9.17) is 10.6 Å². The summed E-state index contributed by atoms with van der Waals surface area (Å²) < 4.78 is 6.63. The molecule has 1 aromatic heterocycles. The van der Waals surface area contributed by atoms with Gasteiger partial charge in [-0.25, -0.2) is 4.68 Å². The number of methoxy groups -OCH3 is 1. The zero-order valence-corrected chi connectivity index (χ0v) is 16.7. The number of nitrogen functional groups attached to an aromatic ring is 1. The molecule has 1 aromatic carbocycles. The molecule has 146 valence electrons. The lowest BCUT2D eigenvalue weighted by Gasteiger charge is -2.29. The summed E-state index contributed by atoms with van der Waals surface area (Å²) in [7, 11) is 1.64. The van der Waals surface area contributed by atoms with Crippen molar-refractivity contribution in [3.63, 3.8) is 0 Å². The first-order valence-electron chi connectivity index (χ1n) is 9.31. The molecule has 1 fully saturated rings. The van der Waals surface area contributed by atoms with E-state index in [-0.39, 0.29) is 11.9 Å². The third-order valence-electron chi connectivity index (χ3n) is 5.05. The van der Waals surface area contributed by atoms with Gasteiger partial charge in [-0.05, 0) is 36.5 Å². The van der Waals surface area contributed by atoms with Crippen molar-refractivity contribution in [3.05, 3.63) is 35.7 Å². The number of nitrogens with zero attached hydrogens (tertiary/aromatic N) is 3. The Morgan fingerprint density at radius 2 is 2.04 bits per heavy atom. The number of ether oxygens (including phenoxy) is 1. The predicted octanol–water partition coefficient (Wildman–Crippen LogP) is 2.38. The lowest BCUT2D eigenvalue weighted by atomic mass is 9.86. The molecule has 1 aliphatic rings. The molecule has 0 radical (unpaired) electrons. The summed E-state index contributed by atoms with van der Waals surface area (Å²) >= 11 is 1.31. The lowest BCUT2D eigenvalue weighted by molar-refractivity contribution is -0.119. The Bertz CT molecular complexity index is 762. The highest BCUT2D eigenvalue weighted by atomic mass is 32.2. The van der Waals surface area contributed by atoms with E-state index >= 15 is 0 Å². The molecule has 3 rings (SSSR count). The average molecular weight is 390 g/mol. The predicted molar refractivity (Wildman–Crippen MR) is 106 cm³/mol. The minimum absolute atomic E-state index is 0.0263. The largest absolute Gasteiger partial charge is 0.497 e. The van der Waals surface area contributed by atoms with Crippen molar-refractivity contribution in [2.45, 2.75) is 50.2 Å². The third-order valence-corrected chi connectivity index (χ3v) is 5.99. The van der Waals surface area contributed by atoms with Crippen LogP contribution in [0.15, 0.2) is 29.4 Å². The molecule has 8 heteroatoms. The van der Waals surface area contributed by atoms with E-state index in [2.05, 4.69) is 22.4 Å². The summed E-state index contributed by atoms with van der Waals surface area (Å²) in [5.74, 6) is 8.44. The van der Waals surface area contributed by atoms with E-state index in [0.29, 0.717) is 29.1 Å². The third kappa shape index (κ3) is 5.15. The van der Waals surface area contributed by atoms with Gasteiger partial charge in [0.1, 0.15) is 5.75 Å². The topological polar surface area (TPSA) is 95.1 Å². The molecule has 7 nitrogen and oxygen atoms in total. The lowest BCUT2D eigenvalue weighted by Crippen LogP contribution is -2.41. The zero-order chi connectivity index (χ0) is 19.2. The van der Waals surface area contributed by atoms with Crippen LogP contribution in [-0.2, 0) is 11.2 Å². The molecule has 0 aliphatic heterocycles. The van der Waals surface area contributed by atoms with Gasteiger partial charge in [-0.15, -0.1) is 10.2 Å². The van der Waals surface area contributed by atoms with Crippen molar-refractivity contribution in [2.75, 3.05) is 18.7 Å². The number of hydrogen-bond acceptors (Lipinski definition) is 6. The van der Waals surface area contributed by atoms with Crippen LogP contribution in [0, 0.1) is 5.92 Å². The van der Waals surface area contributed by atoms with E-state index in [1.165, 1.54) is 35.7 Å². The SMILES string of the molecule is COc1ccc(Cc2nnc(SCC(=O)N[C@H]3CCCC[C@H]3C)n2N)cc1. The summed E-state index contributed by atoms with van der Waals surface area (Å²) in [6.45, 7) is 2.21. The van der Waals surface area contributed by atoms with Crippen molar-refractivity contribution in [3.8, 4) is 5.75 Å². The first-order valence-corrected chi connectivity index (χ1v) is 10.3. The van der Waals surface area contributed by atoms with Gasteiger partial charge in [0.25, 0.3) is 0 Å². The highest BCUT2D eigenvalue weighted by Crippen LogP contribution is 2.24. The molecular formula is C19H27N5O2S. The second-order valence-electron chi connectivity index (χ2n) is 7.02. The van der Waals surface area contributed by atoms with Gasteiger partial charge < -0.3 is 15.9 Å². The quantitative estimate of drug-likeness (QED) is 0.558. The van der Waals surface area contributed by atoms with Gasteiger partial charge in [-0.1, -0.05) is 43.7 Å². The normalized spacial score (nSPS) is 19.6. The Balaban J connectivity index is 1.52. The average Bonchev–Trinajstić information content (AvgIpc) is 3.02. The standard InChI is InChI=1S/C19H27N5O2S/c1-13-5-3-4-6-16(13)21-18(25)12-27-19-23-22-17(24(19)20)11-14-7-9-15(26-2)10-8-14/h7-10,13,16H,3-6,11-12,20H2,1-2H3,(H,21,25)/t13-,16+/m1/s1. The first-order chi connectivity index (χ1) is 13.1. The van der Waals surface area contributed by atoms with Gasteiger partial charge in [0.15, 0.2) is 5.82 Å². The number of carbonyl (C=O) groups excluding carboxylic acids is 1. The minimum atomic E-state index is 0.0263. The summed E-state index contributed by atoms with van der Waals surface area (Å²) in [5.41, 5.74) is 1.07. The second-order valence-corrected chi connectivity index (χ2v) is 7.96. The maximum absolute atomic E-state index is 12.3. The van der Waals surface area contributed by atoms with E-state index in [1.807, 2.05) is 24.3 Å². The number of rotatable bonds is 7. The van der Waals surface area contributed by atoms with E-state index in [0.717, 1.165) is 17.7 Å². The van der Waals surface area contributed by atoms with Gasteiger partial charge in [0.05, 0.1) is 12.9 Å². The molecule has 1 amide bonds. The molecule has 0 unspecified atom stereocenters. The van der Waals surface area contributed by atoms with Gasteiger partial charge in [-0.3, -0.25) is 4.79 Å².